The molecular weight excluding hydrogens is 365 g/mol. The van der Waals surface area contributed by atoms with Crippen molar-refractivity contribution in [1.82, 2.24) is 9.80 Å². The van der Waals surface area contributed by atoms with Crippen LogP contribution < -0.4 is 0 Å². The Morgan fingerprint density at radius 3 is 2.36 bits per heavy atom. The Kier molecular flexibility index (Phi) is 5.40. The molecule has 0 aromatic heterocycles. The maximum absolute atomic E-state index is 13.4. The number of carbonyl (C=O) groups excluding carboxylic acids is 1. The van der Waals surface area contributed by atoms with Crippen molar-refractivity contribution in [3.63, 3.8) is 0 Å². The lowest BCUT2D eigenvalue weighted by atomic mass is 9.94. The van der Waals surface area contributed by atoms with Crippen molar-refractivity contribution in [2.45, 2.75) is 31.8 Å². The van der Waals surface area contributed by atoms with Crippen LogP contribution in [-0.2, 0) is 17.8 Å². The molecule has 2 aromatic rings. The predicted octanol–water partition coefficient (Wildman–Crippen LogP) is 3.77. The first kappa shape index (κ1) is 19.0. The summed E-state index contributed by atoms with van der Waals surface area (Å²) in [6, 6.07) is 12.4. The molecule has 2 bridgehead atoms. The molecular formula is C22H23F3N2O. The minimum atomic E-state index is -1.50. The van der Waals surface area contributed by atoms with Crippen LogP contribution >= 0.6 is 0 Å². The number of halogens is 3. The predicted molar refractivity (Wildman–Crippen MR) is 100.0 cm³/mol. The van der Waals surface area contributed by atoms with Gasteiger partial charge in [0.1, 0.15) is 0 Å². The number of benzene rings is 2. The molecule has 0 spiro atoms. The number of fused-ring (bicyclic) bond motifs is 4. The van der Waals surface area contributed by atoms with E-state index >= 15 is 0 Å². The van der Waals surface area contributed by atoms with E-state index in [9.17, 15) is 18.0 Å². The minimum absolute atomic E-state index is 0.119. The molecule has 5 rings (SSSR count). The van der Waals surface area contributed by atoms with E-state index in [0.717, 1.165) is 38.1 Å². The quantitative estimate of drug-likeness (QED) is 0.745. The molecule has 2 aromatic carbocycles. The third kappa shape index (κ3) is 4.07. The molecule has 3 aliphatic rings. The molecule has 0 N–H and O–H groups in total. The normalized spacial score (nSPS) is 22.3. The van der Waals surface area contributed by atoms with E-state index in [-0.39, 0.29) is 23.9 Å². The van der Waals surface area contributed by atoms with Crippen LogP contribution in [0.15, 0.2) is 42.5 Å². The molecule has 28 heavy (non-hydrogen) atoms. The van der Waals surface area contributed by atoms with Gasteiger partial charge in [-0.2, -0.15) is 0 Å². The van der Waals surface area contributed by atoms with Crippen molar-refractivity contribution < 1.29 is 18.0 Å². The second kappa shape index (κ2) is 7.95. The van der Waals surface area contributed by atoms with E-state index in [0.29, 0.717) is 19.0 Å². The van der Waals surface area contributed by atoms with Gasteiger partial charge < -0.3 is 4.90 Å². The second-order valence-electron chi connectivity index (χ2n) is 7.86. The van der Waals surface area contributed by atoms with Crippen molar-refractivity contribution in [1.29, 1.82) is 0 Å². The number of carbonyl (C=O) groups is 1. The lowest BCUT2D eigenvalue weighted by Crippen LogP contribution is -2.44. The maximum Gasteiger partial charge on any atom is 0.227 e. The highest BCUT2D eigenvalue weighted by Gasteiger charge is 2.36. The minimum Gasteiger partial charge on any atom is -0.341 e. The highest BCUT2D eigenvalue weighted by atomic mass is 19.2. The summed E-state index contributed by atoms with van der Waals surface area (Å²) < 4.78 is 40.0. The summed E-state index contributed by atoms with van der Waals surface area (Å²) in [7, 11) is 0. The summed E-state index contributed by atoms with van der Waals surface area (Å²) >= 11 is 0. The molecule has 0 unspecified atom stereocenters. The van der Waals surface area contributed by atoms with Gasteiger partial charge in [0.25, 0.3) is 0 Å². The lowest BCUT2D eigenvalue weighted by molar-refractivity contribution is -0.130. The number of nitrogens with zero attached hydrogens (tertiary/aromatic N) is 2. The highest BCUT2D eigenvalue weighted by Crippen LogP contribution is 2.29. The Morgan fingerprint density at radius 1 is 0.929 bits per heavy atom. The standard InChI is InChI=1S/C22H23F3N2O/c23-19-8-17(9-20(24)22(19)25)10-21(28)27-13-16-6-7-18(14-27)26(12-16)11-15-4-2-1-3-5-15/h1-5,8-9,16,18H,6-7,10-14H2/t16-,18-/m1/s1. The number of hydrogen-bond acceptors (Lipinski definition) is 2. The van der Waals surface area contributed by atoms with Crippen LogP contribution in [0, 0.1) is 23.4 Å². The number of hydrogen-bond donors (Lipinski definition) is 0. The summed E-state index contributed by atoms with van der Waals surface area (Å²) in [6.07, 6.45) is 2.01. The van der Waals surface area contributed by atoms with E-state index in [1.54, 1.807) is 0 Å². The average molecular weight is 388 g/mol. The molecule has 0 aliphatic carbocycles. The van der Waals surface area contributed by atoms with Gasteiger partial charge in [-0.3, -0.25) is 9.69 Å². The van der Waals surface area contributed by atoms with E-state index in [2.05, 4.69) is 17.0 Å². The molecule has 2 atom stereocenters. The zero-order chi connectivity index (χ0) is 19.7. The fourth-order valence-electron chi connectivity index (χ4n) is 4.39. The van der Waals surface area contributed by atoms with Gasteiger partial charge in [-0.25, -0.2) is 13.2 Å². The number of rotatable bonds is 4. The van der Waals surface area contributed by atoms with Crippen LogP contribution in [0.25, 0.3) is 0 Å². The Hall–Kier alpha value is -2.34. The fraction of sp³-hybridized carbons (Fsp3) is 0.409. The van der Waals surface area contributed by atoms with E-state index < -0.39 is 17.5 Å². The Balaban J connectivity index is 1.44. The van der Waals surface area contributed by atoms with Crippen molar-refractivity contribution >= 4 is 5.91 Å². The van der Waals surface area contributed by atoms with Crippen LogP contribution in [0.5, 0.6) is 0 Å². The Labute approximate surface area is 162 Å². The Morgan fingerprint density at radius 2 is 1.64 bits per heavy atom. The molecule has 1 amide bonds. The van der Waals surface area contributed by atoms with E-state index in [1.165, 1.54) is 5.56 Å². The molecule has 3 heterocycles. The first-order chi connectivity index (χ1) is 13.5. The van der Waals surface area contributed by atoms with Crippen LogP contribution in [0.3, 0.4) is 0 Å². The van der Waals surface area contributed by atoms with Gasteiger partial charge in [0, 0.05) is 32.2 Å². The summed E-state index contributed by atoms with van der Waals surface area (Å²) in [5.74, 6) is -3.78. The largest absolute Gasteiger partial charge is 0.341 e. The summed E-state index contributed by atoms with van der Waals surface area (Å²) in [4.78, 5) is 17.0. The molecule has 3 fully saturated rings. The Bertz CT molecular complexity index is 835. The van der Waals surface area contributed by atoms with Crippen molar-refractivity contribution in [2.75, 3.05) is 19.6 Å². The molecule has 3 aliphatic heterocycles. The first-order valence-corrected chi connectivity index (χ1v) is 9.69. The van der Waals surface area contributed by atoms with Gasteiger partial charge >= 0.3 is 0 Å². The van der Waals surface area contributed by atoms with E-state index in [4.69, 9.17) is 0 Å². The van der Waals surface area contributed by atoms with Gasteiger partial charge in [0.15, 0.2) is 17.5 Å². The smallest absolute Gasteiger partial charge is 0.227 e. The lowest BCUT2D eigenvalue weighted by Gasteiger charge is -2.36. The fourth-order valence-corrected chi connectivity index (χ4v) is 4.39. The summed E-state index contributed by atoms with van der Waals surface area (Å²) in [6.45, 7) is 3.09. The van der Waals surface area contributed by atoms with Gasteiger partial charge in [-0.1, -0.05) is 30.3 Å². The molecule has 0 saturated carbocycles. The zero-order valence-electron chi connectivity index (χ0n) is 15.6. The summed E-state index contributed by atoms with van der Waals surface area (Å²) in [5, 5.41) is 0. The number of amides is 1. The van der Waals surface area contributed by atoms with Gasteiger partial charge in [0.05, 0.1) is 6.42 Å². The van der Waals surface area contributed by atoms with Crippen LogP contribution in [0.4, 0.5) is 13.2 Å². The highest BCUT2D eigenvalue weighted by molar-refractivity contribution is 5.79. The van der Waals surface area contributed by atoms with Crippen molar-refractivity contribution in [3.05, 3.63) is 71.0 Å². The molecule has 6 heteroatoms. The zero-order valence-corrected chi connectivity index (χ0v) is 15.6. The average Bonchev–Trinajstić information content (AvgIpc) is 2.99. The molecule has 3 nitrogen and oxygen atoms in total. The third-order valence-corrected chi connectivity index (χ3v) is 5.81. The molecule has 148 valence electrons. The third-order valence-electron chi connectivity index (χ3n) is 5.81. The van der Waals surface area contributed by atoms with Crippen LogP contribution in [0.2, 0.25) is 0 Å². The monoisotopic (exact) mass is 388 g/mol. The van der Waals surface area contributed by atoms with Crippen molar-refractivity contribution in [2.24, 2.45) is 5.92 Å². The number of piperidine rings is 1. The van der Waals surface area contributed by atoms with Gasteiger partial charge in [-0.05, 0) is 42.0 Å². The topological polar surface area (TPSA) is 23.6 Å². The van der Waals surface area contributed by atoms with Gasteiger partial charge in [0.2, 0.25) is 5.91 Å². The van der Waals surface area contributed by atoms with Crippen molar-refractivity contribution in [3.8, 4) is 0 Å². The SMILES string of the molecule is O=C(Cc1cc(F)c(F)c(F)c1)N1C[C@@H]2CC[C@H](C1)N(Cc1ccccc1)C2. The molecule has 3 saturated heterocycles. The van der Waals surface area contributed by atoms with E-state index in [1.807, 2.05) is 23.1 Å². The molecule has 0 radical (unpaired) electrons. The second-order valence-corrected chi connectivity index (χ2v) is 7.86. The summed E-state index contributed by atoms with van der Waals surface area (Å²) in [5.41, 5.74) is 1.42. The maximum atomic E-state index is 13.4. The van der Waals surface area contributed by atoms with Gasteiger partial charge in [-0.15, -0.1) is 0 Å². The first-order valence-electron chi connectivity index (χ1n) is 9.69. The van der Waals surface area contributed by atoms with Crippen LogP contribution in [0.1, 0.15) is 24.0 Å². The van der Waals surface area contributed by atoms with Crippen LogP contribution in [-0.4, -0.2) is 41.4 Å².